The third-order valence-corrected chi connectivity index (χ3v) is 13.6. The topological polar surface area (TPSA) is 16.4 Å². The molecule has 0 bridgehead atoms. The summed E-state index contributed by atoms with van der Waals surface area (Å²) in [5.41, 5.74) is 15.2. The summed E-state index contributed by atoms with van der Waals surface area (Å²) in [6, 6.07) is 68.9. The first-order valence-electron chi connectivity index (χ1n) is 20.0. The van der Waals surface area contributed by atoms with Gasteiger partial charge in [0, 0.05) is 58.8 Å². The number of thiophene rings is 1. The molecule has 2 aromatic heterocycles. The summed E-state index contributed by atoms with van der Waals surface area (Å²) >= 11 is 1.87. The average Bonchev–Trinajstić information content (AvgIpc) is 3.92. The Morgan fingerprint density at radius 2 is 1.10 bits per heavy atom. The Bertz CT molecular complexity index is 3440. The molecule has 0 fully saturated rings. The van der Waals surface area contributed by atoms with Crippen LogP contribution in [0.1, 0.15) is 25.0 Å². The lowest BCUT2D eigenvalue weighted by Crippen LogP contribution is -2.16. The van der Waals surface area contributed by atoms with Crippen LogP contribution in [0.4, 0.5) is 17.1 Å². The lowest BCUT2D eigenvalue weighted by atomic mass is 9.82. The van der Waals surface area contributed by atoms with Gasteiger partial charge < -0.3 is 9.32 Å². The van der Waals surface area contributed by atoms with Gasteiger partial charge in [0.25, 0.3) is 0 Å². The smallest absolute Gasteiger partial charge is 0.143 e. The number of hydrogen-bond donors (Lipinski definition) is 0. The van der Waals surface area contributed by atoms with Gasteiger partial charge in [-0.2, -0.15) is 0 Å². The fraction of sp³-hybridized carbons (Fsp3) is 0.0545. The number of hydrogen-bond acceptors (Lipinski definition) is 3. The van der Waals surface area contributed by atoms with Gasteiger partial charge in [-0.15, -0.1) is 11.3 Å². The molecule has 2 nitrogen and oxygen atoms in total. The number of rotatable bonds is 5. The van der Waals surface area contributed by atoms with Crippen molar-refractivity contribution >= 4 is 81.3 Å². The standard InChI is InChI=1S/C55H37NOS/c1-55(2)47-20-7-5-16-43(47)44-31-29-39(33-48(44)55)56(37-27-24-35(25-28-37)40-19-11-23-51-53(40)45-17-6-8-22-50(45)58-51)38-14-9-13-36(32-38)41-18-10-21-49-52(41)46-30-26-34-12-3-4-15-42(34)54(46)57-49/h3-33H,1-2H3. The van der Waals surface area contributed by atoms with Crippen LogP contribution in [-0.2, 0) is 5.41 Å². The number of nitrogens with zero attached hydrogens (tertiary/aromatic N) is 1. The second-order valence-electron chi connectivity index (χ2n) is 16.1. The lowest BCUT2D eigenvalue weighted by molar-refractivity contribution is 0.660. The second-order valence-corrected chi connectivity index (χ2v) is 17.1. The van der Waals surface area contributed by atoms with Gasteiger partial charge >= 0.3 is 0 Å². The zero-order valence-corrected chi connectivity index (χ0v) is 33.0. The van der Waals surface area contributed by atoms with Crippen LogP contribution >= 0.6 is 11.3 Å². The Balaban J connectivity index is 1.03. The van der Waals surface area contributed by atoms with Crippen molar-refractivity contribution in [1.82, 2.24) is 0 Å². The molecule has 3 heteroatoms. The molecule has 0 radical (unpaired) electrons. The van der Waals surface area contributed by atoms with Crippen molar-refractivity contribution in [2.24, 2.45) is 0 Å². The zero-order chi connectivity index (χ0) is 38.5. The molecule has 1 aliphatic rings. The summed E-state index contributed by atoms with van der Waals surface area (Å²) in [7, 11) is 0. The van der Waals surface area contributed by atoms with Crippen molar-refractivity contribution in [2.75, 3.05) is 4.90 Å². The highest BCUT2D eigenvalue weighted by atomic mass is 32.1. The van der Waals surface area contributed by atoms with E-state index in [1.807, 2.05) is 11.3 Å². The summed E-state index contributed by atoms with van der Waals surface area (Å²) in [6.07, 6.45) is 0. The van der Waals surface area contributed by atoms with Crippen LogP contribution in [0.3, 0.4) is 0 Å². The van der Waals surface area contributed by atoms with Gasteiger partial charge in [-0.3, -0.25) is 0 Å². The highest BCUT2D eigenvalue weighted by Crippen LogP contribution is 2.51. The van der Waals surface area contributed by atoms with Crippen molar-refractivity contribution in [3.05, 3.63) is 199 Å². The van der Waals surface area contributed by atoms with Crippen LogP contribution in [0.2, 0.25) is 0 Å². The van der Waals surface area contributed by atoms with E-state index in [-0.39, 0.29) is 5.41 Å². The van der Waals surface area contributed by atoms with E-state index in [1.54, 1.807) is 0 Å². The Morgan fingerprint density at radius 3 is 2.00 bits per heavy atom. The predicted molar refractivity (Wildman–Crippen MR) is 247 cm³/mol. The van der Waals surface area contributed by atoms with Crippen molar-refractivity contribution in [1.29, 1.82) is 0 Å². The predicted octanol–water partition coefficient (Wildman–Crippen LogP) is 16.2. The van der Waals surface area contributed by atoms with Crippen LogP contribution in [-0.4, -0.2) is 0 Å². The highest BCUT2D eigenvalue weighted by Gasteiger charge is 2.35. The number of benzene rings is 9. The van der Waals surface area contributed by atoms with Gasteiger partial charge in [0.2, 0.25) is 0 Å². The molecule has 11 aromatic rings. The van der Waals surface area contributed by atoms with Crippen molar-refractivity contribution < 1.29 is 4.42 Å². The Morgan fingerprint density at radius 1 is 0.431 bits per heavy atom. The minimum Gasteiger partial charge on any atom is -0.455 e. The summed E-state index contributed by atoms with van der Waals surface area (Å²) in [6.45, 7) is 4.71. The largest absolute Gasteiger partial charge is 0.455 e. The Hall–Kier alpha value is -6.94. The Labute approximate surface area is 340 Å². The average molecular weight is 760 g/mol. The van der Waals surface area contributed by atoms with E-state index >= 15 is 0 Å². The molecule has 274 valence electrons. The molecule has 9 aromatic carbocycles. The minimum atomic E-state index is -0.122. The summed E-state index contributed by atoms with van der Waals surface area (Å²) < 4.78 is 9.25. The normalized spacial score (nSPS) is 13.1. The zero-order valence-electron chi connectivity index (χ0n) is 32.2. The molecule has 58 heavy (non-hydrogen) atoms. The first kappa shape index (κ1) is 33.2. The van der Waals surface area contributed by atoms with E-state index in [9.17, 15) is 0 Å². The van der Waals surface area contributed by atoms with Crippen LogP contribution in [0.25, 0.3) is 86.3 Å². The first-order valence-corrected chi connectivity index (χ1v) is 20.8. The molecule has 1 aliphatic carbocycles. The SMILES string of the molecule is CC1(C)c2ccccc2-c2ccc(N(c3ccc(-c4cccc5sc6ccccc6c45)cc3)c3cccc(-c4cccc5oc6c7ccccc7ccc6c45)c3)cc21. The lowest BCUT2D eigenvalue weighted by Gasteiger charge is -2.28. The molecular weight excluding hydrogens is 723 g/mol. The highest BCUT2D eigenvalue weighted by molar-refractivity contribution is 7.25. The van der Waals surface area contributed by atoms with Crippen LogP contribution < -0.4 is 4.90 Å². The third kappa shape index (κ3) is 4.90. The monoisotopic (exact) mass is 759 g/mol. The van der Waals surface area contributed by atoms with E-state index in [0.717, 1.165) is 55.5 Å². The molecule has 12 rings (SSSR count). The molecule has 0 saturated carbocycles. The fourth-order valence-electron chi connectivity index (χ4n) is 9.69. The molecule has 0 N–H and O–H groups in total. The fourth-order valence-corrected chi connectivity index (χ4v) is 10.8. The molecule has 0 aliphatic heterocycles. The van der Waals surface area contributed by atoms with E-state index in [4.69, 9.17) is 4.42 Å². The van der Waals surface area contributed by atoms with E-state index in [0.29, 0.717) is 0 Å². The number of furan rings is 1. The third-order valence-electron chi connectivity index (χ3n) is 12.5. The molecule has 0 spiro atoms. The first-order chi connectivity index (χ1) is 28.5. The van der Waals surface area contributed by atoms with Gasteiger partial charge in [0.15, 0.2) is 0 Å². The minimum absolute atomic E-state index is 0.122. The van der Waals surface area contributed by atoms with Gasteiger partial charge in [-0.05, 0) is 111 Å². The second kappa shape index (κ2) is 12.5. The molecule has 0 amide bonds. The molecule has 0 saturated heterocycles. The summed E-state index contributed by atoms with van der Waals surface area (Å²) in [5.74, 6) is 0. The van der Waals surface area contributed by atoms with E-state index in [2.05, 4.69) is 207 Å². The van der Waals surface area contributed by atoms with Gasteiger partial charge in [-0.1, -0.05) is 141 Å². The van der Waals surface area contributed by atoms with Gasteiger partial charge in [0.05, 0.1) is 0 Å². The molecule has 2 heterocycles. The maximum Gasteiger partial charge on any atom is 0.143 e. The van der Waals surface area contributed by atoms with Crippen LogP contribution in [0.5, 0.6) is 0 Å². The quantitative estimate of drug-likeness (QED) is 0.174. The molecular formula is C55H37NOS. The van der Waals surface area contributed by atoms with Gasteiger partial charge in [-0.25, -0.2) is 0 Å². The molecule has 0 unspecified atom stereocenters. The van der Waals surface area contributed by atoms with E-state index < -0.39 is 0 Å². The number of fused-ring (bicyclic) bond motifs is 11. The summed E-state index contributed by atoms with van der Waals surface area (Å²) in [5, 5.41) is 7.24. The van der Waals surface area contributed by atoms with Crippen LogP contribution in [0, 0.1) is 0 Å². The summed E-state index contributed by atoms with van der Waals surface area (Å²) in [4.78, 5) is 2.42. The van der Waals surface area contributed by atoms with Crippen molar-refractivity contribution in [3.8, 4) is 33.4 Å². The molecule has 0 atom stereocenters. The van der Waals surface area contributed by atoms with E-state index in [1.165, 1.54) is 58.9 Å². The van der Waals surface area contributed by atoms with Crippen molar-refractivity contribution in [3.63, 3.8) is 0 Å². The van der Waals surface area contributed by atoms with Crippen LogP contribution in [0.15, 0.2) is 192 Å². The maximum atomic E-state index is 6.62. The number of anilines is 3. The van der Waals surface area contributed by atoms with Crippen molar-refractivity contribution in [2.45, 2.75) is 19.3 Å². The maximum absolute atomic E-state index is 6.62. The van der Waals surface area contributed by atoms with Gasteiger partial charge in [0.1, 0.15) is 11.2 Å². The Kier molecular flexibility index (Phi) is 7.18.